The van der Waals surface area contributed by atoms with Gasteiger partial charge < -0.3 is 20.7 Å². The lowest BCUT2D eigenvalue weighted by atomic mass is 9.78. The zero-order valence-electron chi connectivity index (χ0n) is 18.2. The Morgan fingerprint density at radius 2 is 1.90 bits per heavy atom. The summed E-state index contributed by atoms with van der Waals surface area (Å²) >= 11 is 0. The SMILES string of the molecule is CN=C(NCCC(=O)NCc1ccccc1)NCC1CCCOC1C(C)(C)C.I. The lowest BCUT2D eigenvalue weighted by Gasteiger charge is -2.40. The molecular formula is C22H37IN4O2. The van der Waals surface area contributed by atoms with Crippen LogP contribution in [0.25, 0.3) is 0 Å². The van der Waals surface area contributed by atoms with Gasteiger partial charge in [-0.25, -0.2) is 0 Å². The van der Waals surface area contributed by atoms with Gasteiger partial charge in [-0.15, -0.1) is 24.0 Å². The monoisotopic (exact) mass is 516 g/mol. The molecule has 0 aliphatic carbocycles. The quantitative estimate of drug-likeness (QED) is 0.296. The molecule has 0 bridgehead atoms. The summed E-state index contributed by atoms with van der Waals surface area (Å²) in [5, 5.41) is 9.57. The Bertz CT molecular complexity index is 631. The average Bonchev–Trinajstić information content (AvgIpc) is 2.69. The number of halogens is 1. The Morgan fingerprint density at radius 3 is 2.55 bits per heavy atom. The molecule has 0 radical (unpaired) electrons. The van der Waals surface area contributed by atoms with Crippen LogP contribution in [0.5, 0.6) is 0 Å². The Hall–Kier alpha value is -1.35. The molecule has 1 fully saturated rings. The van der Waals surface area contributed by atoms with Crippen LogP contribution in [-0.2, 0) is 16.1 Å². The minimum absolute atomic E-state index is 0. The number of guanidine groups is 1. The number of aliphatic imine (C=N–C) groups is 1. The summed E-state index contributed by atoms with van der Waals surface area (Å²) < 4.78 is 6.04. The van der Waals surface area contributed by atoms with Crippen molar-refractivity contribution in [3.8, 4) is 0 Å². The van der Waals surface area contributed by atoms with Crippen LogP contribution in [0.15, 0.2) is 35.3 Å². The molecule has 0 saturated carbocycles. The molecule has 1 aromatic carbocycles. The molecule has 29 heavy (non-hydrogen) atoms. The highest BCUT2D eigenvalue weighted by Crippen LogP contribution is 2.33. The van der Waals surface area contributed by atoms with Gasteiger partial charge in [0.05, 0.1) is 6.10 Å². The first-order valence-electron chi connectivity index (χ1n) is 10.3. The maximum atomic E-state index is 12.0. The number of carbonyl (C=O) groups is 1. The van der Waals surface area contributed by atoms with E-state index in [9.17, 15) is 4.79 Å². The van der Waals surface area contributed by atoms with Gasteiger partial charge in [-0.2, -0.15) is 0 Å². The van der Waals surface area contributed by atoms with Gasteiger partial charge in [0.15, 0.2) is 5.96 Å². The van der Waals surface area contributed by atoms with Crippen molar-refractivity contribution in [2.24, 2.45) is 16.3 Å². The van der Waals surface area contributed by atoms with E-state index in [1.165, 1.54) is 0 Å². The van der Waals surface area contributed by atoms with Crippen molar-refractivity contribution < 1.29 is 9.53 Å². The van der Waals surface area contributed by atoms with Gasteiger partial charge in [0.2, 0.25) is 5.91 Å². The van der Waals surface area contributed by atoms with Crippen LogP contribution >= 0.6 is 24.0 Å². The third-order valence-electron chi connectivity index (χ3n) is 5.03. The van der Waals surface area contributed by atoms with Crippen molar-refractivity contribution in [2.45, 2.75) is 52.7 Å². The summed E-state index contributed by atoms with van der Waals surface area (Å²) in [6.07, 6.45) is 2.92. The van der Waals surface area contributed by atoms with Crippen LogP contribution in [0.1, 0.15) is 45.6 Å². The lowest BCUT2D eigenvalue weighted by Crippen LogP contribution is -2.47. The minimum Gasteiger partial charge on any atom is -0.377 e. The number of hydrogen-bond donors (Lipinski definition) is 3. The Balaban J connectivity index is 0.00000420. The van der Waals surface area contributed by atoms with E-state index in [4.69, 9.17) is 4.74 Å². The van der Waals surface area contributed by atoms with Crippen LogP contribution in [0.4, 0.5) is 0 Å². The van der Waals surface area contributed by atoms with Crippen LogP contribution in [0.2, 0.25) is 0 Å². The van der Waals surface area contributed by atoms with Crippen LogP contribution in [-0.4, -0.2) is 44.7 Å². The van der Waals surface area contributed by atoms with Gasteiger partial charge in [0, 0.05) is 45.6 Å². The van der Waals surface area contributed by atoms with E-state index in [-0.39, 0.29) is 41.4 Å². The first-order valence-corrected chi connectivity index (χ1v) is 10.3. The Labute approximate surface area is 192 Å². The van der Waals surface area contributed by atoms with Crippen LogP contribution < -0.4 is 16.0 Å². The maximum Gasteiger partial charge on any atom is 0.222 e. The lowest BCUT2D eigenvalue weighted by molar-refractivity contribution is -0.121. The third kappa shape index (κ3) is 9.33. The van der Waals surface area contributed by atoms with Gasteiger partial charge in [0.1, 0.15) is 0 Å². The van der Waals surface area contributed by atoms with Crippen molar-refractivity contribution in [3.05, 3.63) is 35.9 Å². The average molecular weight is 516 g/mol. The summed E-state index contributed by atoms with van der Waals surface area (Å²) in [5.41, 5.74) is 1.23. The molecule has 2 rings (SSSR count). The molecule has 0 spiro atoms. The highest BCUT2D eigenvalue weighted by atomic mass is 127. The number of carbonyl (C=O) groups excluding carboxylic acids is 1. The molecule has 2 unspecified atom stereocenters. The first-order chi connectivity index (χ1) is 13.4. The van der Waals surface area contributed by atoms with E-state index < -0.39 is 0 Å². The summed E-state index contributed by atoms with van der Waals surface area (Å²) in [6, 6.07) is 9.92. The highest BCUT2D eigenvalue weighted by molar-refractivity contribution is 14.0. The number of rotatable bonds is 7. The van der Waals surface area contributed by atoms with Crippen molar-refractivity contribution in [3.63, 3.8) is 0 Å². The predicted octanol–water partition coefficient (Wildman–Crippen LogP) is 3.32. The molecule has 164 valence electrons. The van der Waals surface area contributed by atoms with Gasteiger partial charge in [-0.3, -0.25) is 9.79 Å². The fraction of sp³-hybridized carbons (Fsp3) is 0.636. The topological polar surface area (TPSA) is 74.8 Å². The fourth-order valence-electron chi connectivity index (χ4n) is 3.64. The van der Waals surface area contributed by atoms with Gasteiger partial charge >= 0.3 is 0 Å². The van der Waals surface area contributed by atoms with Gasteiger partial charge in [0.25, 0.3) is 0 Å². The van der Waals surface area contributed by atoms with Crippen molar-refractivity contribution >= 4 is 35.8 Å². The summed E-state index contributed by atoms with van der Waals surface area (Å²) in [5.74, 6) is 1.22. The molecule has 1 aliphatic rings. The molecule has 1 amide bonds. The van der Waals surface area contributed by atoms with E-state index in [0.717, 1.165) is 37.5 Å². The summed E-state index contributed by atoms with van der Waals surface area (Å²) in [6.45, 7) is 9.48. The standard InChI is InChI=1S/C22H36N4O2.HI/c1-22(2,3)20-18(11-8-14-28-20)16-26-21(23-4)24-13-12-19(27)25-15-17-9-6-5-7-10-17;/h5-7,9-10,18,20H,8,11-16H2,1-4H3,(H,25,27)(H2,23,24,26);1H. The Kier molecular flexibility index (Phi) is 11.6. The number of ether oxygens (including phenoxy) is 1. The second-order valence-electron chi connectivity index (χ2n) is 8.45. The molecule has 1 heterocycles. The molecule has 2 atom stereocenters. The largest absolute Gasteiger partial charge is 0.377 e. The van der Waals surface area contributed by atoms with E-state index in [0.29, 0.717) is 25.4 Å². The summed E-state index contributed by atoms with van der Waals surface area (Å²) in [4.78, 5) is 16.3. The molecule has 1 aliphatic heterocycles. The molecule has 1 aromatic rings. The molecule has 7 heteroatoms. The number of nitrogens with one attached hydrogen (secondary N) is 3. The highest BCUT2D eigenvalue weighted by Gasteiger charge is 2.35. The smallest absolute Gasteiger partial charge is 0.222 e. The summed E-state index contributed by atoms with van der Waals surface area (Å²) in [7, 11) is 1.75. The van der Waals surface area contributed by atoms with Gasteiger partial charge in [-0.05, 0) is 23.8 Å². The number of amides is 1. The van der Waals surface area contributed by atoms with Crippen LogP contribution in [0, 0.1) is 11.3 Å². The van der Waals surface area contributed by atoms with Crippen molar-refractivity contribution in [2.75, 3.05) is 26.7 Å². The molecule has 6 nitrogen and oxygen atoms in total. The fourth-order valence-corrected chi connectivity index (χ4v) is 3.64. The molecule has 1 saturated heterocycles. The molecule has 0 aromatic heterocycles. The van der Waals surface area contributed by atoms with Crippen LogP contribution in [0.3, 0.4) is 0 Å². The normalized spacial score (nSPS) is 19.8. The Morgan fingerprint density at radius 1 is 1.17 bits per heavy atom. The van der Waals surface area contributed by atoms with Crippen molar-refractivity contribution in [1.29, 1.82) is 0 Å². The minimum atomic E-state index is 0. The van der Waals surface area contributed by atoms with E-state index in [1.807, 2.05) is 30.3 Å². The third-order valence-corrected chi connectivity index (χ3v) is 5.03. The number of benzene rings is 1. The maximum absolute atomic E-state index is 12.0. The van der Waals surface area contributed by atoms with Crippen molar-refractivity contribution in [1.82, 2.24) is 16.0 Å². The molecule has 3 N–H and O–H groups in total. The van der Waals surface area contributed by atoms with E-state index in [1.54, 1.807) is 7.05 Å². The second-order valence-corrected chi connectivity index (χ2v) is 8.45. The first kappa shape index (κ1) is 25.7. The predicted molar refractivity (Wildman–Crippen MR) is 130 cm³/mol. The number of nitrogens with zero attached hydrogens (tertiary/aromatic N) is 1. The zero-order chi connectivity index (χ0) is 20.4. The second kappa shape index (κ2) is 13.1. The van der Waals surface area contributed by atoms with Gasteiger partial charge in [-0.1, -0.05) is 51.1 Å². The number of hydrogen-bond acceptors (Lipinski definition) is 3. The molecular weight excluding hydrogens is 479 g/mol. The van der Waals surface area contributed by atoms with E-state index in [2.05, 4.69) is 41.7 Å². The zero-order valence-corrected chi connectivity index (χ0v) is 20.5. The van der Waals surface area contributed by atoms with E-state index >= 15 is 0 Å².